The fourth-order valence-corrected chi connectivity index (χ4v) is 4.73. The van der Waals surface area contributed by atoms with E-state index < -0.39 is 51.7 Å². The standard InChI is InChI=1S/C24H25ClF3N5O6S/c1-23(2,3)12-8-18(38-6)14(25)9-15(12)32-21(35)29-30-22(32)40-19-10-17(39-11-20(34)31(4)5)13(24(26,27)28)7-16(19)33(36)37/h7-10H,11H2,1-6H3,(H,29,35). The molecule has 3 rings (SSSR count). The maximum absolute atomic E-state index is 13.8. The van der Waals surface area contributed by atoms with Gasteiger partial charge in [0.25, 0.3) is 11.6 Å². The van der Waals surface area contributed by atoms with E-state index >= 15 is 0 Å². The van der Waals surface area contributed by atoms with Crippen molar-refractivity contribution < 1.29 is 32.4 Å². The number of aromatic amines is 1. The van der Waals surface area contributed by atoms with Crippen molar-refractivity contribution in [1.29, 1.82) is 0 Å². The van der Waals surface area contributed by atoms with Crippen LogP contribution in [0.15, 0.2) is 39.1 Å². The molecule has 0 aliphatic carbocycles. The van der Waals surface area contributed by atoms with E-state index in [9.17, 15) is 32.9 Å². The van der Waals surface area contributed by atoms with E-state index in [0.29, 0.717) is 29.1 Å². The molecule has 216 valence electrons. The number of carbonyl (C=O) groups excluding carboxylic acids is 1. The summed E-state index contributed by atoms with van der Waals surface area (Å²) >= 11 is 6.90. The van der Waals surface area contributed by atoms with Crippen molar-refractivity contribution in [2.75, 3.05) is 27.8 Å². The van der Waals surface area contributed by atoms with Gasteiger partial charge in [-0.2, -0.15) is 13.2 Å². The molecular weight excluding hydrogens is 579 g/mol. The van der Waals surface area contributed by atoms with Crippen LogP contribution in [0, 0.1) is 10.1 Å². The molecule has 40 heavy (non-hydrogen) atoms. The molecule has 0 aliphatic rings. The molecule has 0 unspecified atom stereocenters. The zero-order valence-corrected chi connectivity index (χ0v) is 23.7. The van der Waals surface area contributed by atoms with Gasteiger partial charge in [0.05, 0.1) is 27.6 Å². The molecule has 0 radical (unpaired) electrons. The van der Waals surface area contributed by atoms with Crippen LogP contribution >= 0.6 is 23.4 Å². The maximum atomic E-state index is 13.8. The fraction of sp³-hybridized carbons (Fsp3) is 0.375. The van der Waals surface area contributed by atoms with Gasteiger partial charge in [0.2, 0.25) is 5.16 Å². The number of rotatable bonds is 8. The number of nitro benzene ring substituents is 1. The largest absolute Gasteiger partial charge is 0.495 e. The van der Waals surface area contributed by atoms with Gasteiger partial charge in [0, 0.05) is 26.2 Å². The quantitative estimate of drug-likeness (QED) is 0.279. The molecule has 0 spiro atoms. The highest BCUT2D eigenvalue weighted by Gasteiger charge is 2.38. The molecule has 0 aliphatic heterocycles. The summed E-state index contributed by atoms with van der Waals surface area (Å²) in [4.78, 5) is 36.5. The molecule has 11 nitrogen and oxygen atoms in total. The number of methoxy groups -OCH3 is 1. The second kappa shape index (κ2) is 11.4. The Morgan fingerprint density at radius 1 is 1.18 bits per heavy atom. The van der Waals surface area contributed by atoms with Gasteiger partial charge >= 0.3 is 11.9 Å². The van der Waals surface area contributed by atoms with E-state index in [-0.39, 0.29) is 20.8 Å². The van der Waals surface area contributed by atoms with Gasteiger partial charge in [-0.25, -0.2) is 14.5 Å². The number of nitrogens with zero attached hydrogens (tertiary/aromatic N) is 4. The topological polar surface area (TPSA) is 133 Å². The first-order valence-corrected chi connectivity index (χ1v) is 12.6. The van der Waals surface area contributed by atoms with Crippen LogP contribution in [-0.2, 0) is 16.4 Å². The van der Waals surface area contributed by atoms with Crippen molar-refractivity contribution in [3.8, 4) is 17.2 Å². The van der Waals surface area contributed by atoms with Crippen molar-refractivity contribution in [3.63, 3.8) is 0 Å². The number of carbonyl (C=O) groups is 1. The highest BCUT2D eigenvalue weighted by Crippen LogP contribution is 2.45. The summed E-state index contributed by atoms with van der Waals surface area (Å²) in [7, 11) is 4.21. The second-order valence-corrected chi connectivity index (χ2v) is 11.1. The minimum atomic E-state index is -5.03. The van der Waals surface area contributed by atoms with Crippen molar-refractivity contribution in [2.45, 2.75) is 42.4 Å². The Bertz CT molecular complexity index is 1510. The average Bonchev–Trinajstić information content (AvgIpc) is 3.19. The summed E-state index contributed by atoms with van der Waals surface area (Å²) in [5, 5.41) is 18.1. The smallest absolute Gasteiger partial charge is 0.420 e. The maximum Gasteiger partial charge on any atom is 0.420 e. The number of likely N-dealkylation sites (N-methyl/N-ethyl adjacent to an activating group) is 1. The van der Waals surface area contributed by atoms with E-state index in [0.717, 1.165) is 15.5 Å². The molecule has 0 fully saturated rings. The Balaban J connectivity index is 2.22. The molecule has 0 bridgehead atoms. The first-order valence-electron chi connectivity index (χ1n) is 11.4. The number of amides is 1. The Labute approximate surface area is 235 Å². The van der Waals surface area contributed by atoms with Crippen LogP contribution in [0.1, 0.15) is 31.9 Å². The van der Waals surface area contributed by atoms with E-state index in [4.69, 9.17) is 21.1 Å². The number of hydrogen-bond donors (Lipinski definition) is 1. The van der Waals surface area contributed by atoms with Gasteiger partial charge < -0.3 is 14.4 Å². The number of nitro groups is 1. The van der Waals surface area contributed by atoms with Crippen LogP contribution in [-0.4, -0.2) is 58.3 Å². The first-order chi connectivity index (χ1) is 18.4. The molecule has 1 aromatic heterocycles. The molecule has 0 saturated carbocycles. The van der Waals surface area contributed by atoms with E-state index in [1.807, 2.05) is 20.8 Å². The molecule has 2 aromatic carbocycles. The fourth-order valence-electron chi connectivity index (χ4n) is 3.53. The lowest BCUT2D eigenvalue weighted by Gasteiger charge is -2.24. The lowest BCUT2D eigenvalue weighted by atomic mass is 9.85. The Hall–Kier alpha value is -3.72. The van der Waals surface area contributed by atoms with Crippen LogP contribution < -0.4 is 15.2 Å². The van der Waals surface area contributed by atoms with Crippen molar-refractivity contribution in [3.05, 3.63) is 61.0 Å². The number of ether oxygens (including phenoxy) is 2. The number of H-pyrrole nitrogens is 1. The minimum absolute atomic E-state index is 0.130. The van der Waals surface area contributed by atoms with Gasteiger partial charge in [0.15, 0.2) is 6.61 Å². The van der Waals surface area contributed by atoms with Crippen LogP contribution in [0.4, 0.5) is 18.9 Å². The molecule has 1 heterocycles. The molecule has 1 amide bonds. The Morgan fingerprint density at radius 2 is 1.82 bits per heavy atom. The molecule has 3 aromatic rings. The van der Waals surface area contributed by atoms with Crippen molar-refractivity contribution >= 4 is 35.0 Å². The minimum Gasteiger partial charge on any atom is -0.495 e. The molecule has 1 N–H and O–H groups in total. The van der Waals surface area contributed by atoms with Gasteiger partial charge in [-0.1, -0.05) is 32.4 Å². The molecular formula is C24H25ClF3N5O6S. The van der Waals surface area contributed by atoms with Gasteiger partial charge in [-0.15, -0.1) is 5.10 Å². The summed E-state index contributed by atoms with van der Waals surface area (Å²) in [5.74, 6) is -1.09. The molecule has 16 heteroatoms. The van der Waals surface area contributed by atoms with Gasteiger partial charge in [-0.3, -0.25) is 14.9 Å². The third kappa shape index (κ3) is 6.53. The summed E-state index contributed by atoms with van der Waals surface area (Å²) in [6.45, 7) is 4.87. The SMILES string of the molecule is COc1cc(C(C)(C)C)c(-n2c(Sc3cc(OCC(=O)N(C)C)c(C(F)(F)F)cc3[N+](=O)[O-])n[nH]c2=O)cc1Cl. The number of halogens is 4. The highest BCUT2D eigenvalue weighted by atomic mass is 35.5. The van der Waals surface area contributed by atoms with E-state index in [1.54, 1.807) is 6.07 Å². The Morgan fingerprint density at radius 3 is 2.35 bits per heavy atom. The highest BCUT2D eigenvalue weighted by molar-refractivity contribution is 7.99. The first kappa shape index (κ1) is 30.8. The normalized spacial score (nSPS) is 11.8. The third-order valence-corrected chi connectivity index (χ3v) is 6.87. The summed E-state index contributed by atoms with van der Waals surface area (Å²) in [5.41, 5.74) is -2.74. The summed E-state index contributed by atoms with van der Waals surface area (Å²) in [6, 6.07) is 4.21. The van der Waals surface area contributed by atoms with Gasteiger partial charge in [0.1, 0.15) is 17.1 Å². The predicted molar refractivity (Wildman–Crippen MR) is 141 cm³/mol. The Kier molecular flexibility index (Phi) is 8.79. The number of hydrogen-bond acceptors (Lipinski definition) is 8. The van der Waals surface area contributed by atoms with Crippen LogP contribution in [0.25, 0.3) is 5.69 Å². The number of aromatic nitrogens is 3. The van der Waals surface area contributed by atoms with E-state index in [2.05, 4.69) is 10.2 Å². The van der Waals surface area contributed by atoms with E-state index in [1.165, 1.54) is 27.3 Å². The number of nitrogens with one attached hydrogen (secondary N) is 1. The summed E-state index contributed by atoms with van der Waals surface area (Å²) < 4.78 is 52.9. The van der Waals surface area contributed by atoms with Gasteiger partial charge in [-0.05, 0) is 34.9 Å². The zero-order chi connectivity index (χ0) is 30.2. The monoisotopic (exact) mass is 603 g/mol. The number of alkyl halides is 3. The molecule has 0 atom stereocenters. The zero-order valence-electron chi connectivity index (χ0n) is 22.2. The van der Waals surface area contributed by atoms with Crippen LogP contribution in [0.2, 0.25) is 5.02 Å². The lowest BCUT2D eigenvalue weighted by Crippen LogP contribution is -2.28. The number of benzene rings is 2. The van der Waals surface area contributed by atoms with Crippen molar-refractivity contribution in [1.82, 2.24) is 19.7 Å². The lowest BCUT2D eigenvalue weighted by molar-refractivity contribution is -0.388. The van der Waals surface area contributed by atoms with Crippen LogP contribution in [0.5, 0.6) is 11.5 Å². The van der Waals surface area contributed by atoms with Crippen LogP contribution in [0.3, 0.4) is 0 Å². The average molecular weight is 604 g/mol. The third-order valence-electron chi connectivity index (χ3n) is 5.58. The summed E-state index contributed by atoms with van der Waals surface area (Å²) in [6.07, 6.45) is -5.03. The van der Waals surface area contributed by atoms with Crippen molar-refractivity contribution in [2.24, 2.45) is 0 Å². The predicted octanol–water partition coefficient (Wildman–Crippen LogP) is 5.07. The second-order valence-electron chi connectivity index (χ2n) is 9.65. The molecule has 0 saturated heterocycles.